The zero-order valence-electron chi connectivity index (χ0n) is 13.1. The number of carbonyl (C=O) groups is 1. The van der Waals surface area contributed by atoms with Gasteiger partial charge in [0.05, 0.1) is 23.4 Å². The van der Waals surface area contributed by atoms with Gasteiger partial charge in [0, 0.05) is 12.0 Å². The molecule has 5 heteroatoms. The van der Waals surface area contributed by atoms with Crippen molar-refractivity contribution < 1.29 is 18.7 Å². The minimum absolute atomic E-state index is 0.00611. The molecule has 2 aromatic heterocycles. The van der Waals surface area contributed by atoms with Gasteiger partial charge in [0.25, 0.3) is 0 Å². The Morgan fingerprint density at radius 3 is 2.96 bits per heavy atom. The lowest BCUT2D eigenvalue weighted by Gasteiger charge is -2.12. The van der Waals surface area contributed by atoms with E-state index in [-0.39, 0.29) is 18.7 Å². The molecule has 0 N–H and O–H groups in total. The van der Waals surface area contributed by atoms with Gasteiger partial charge in [-0.25, -0.2) is 9.78 Å². The number of pyridine rings is 1. The summed E-state index contributed by atoms with van der Waals surface area (Å²) in [4.78, 5) is 17.2. The summed E-state index contributed by atoms with van der Waals surface area (Å²) < 4.78 is 16.4. The van der Waals surface area contributed by atoms with Crippen LogP contribution in [0.5, 0.6) is 0 Å². The number of para-hydroxylation sites is 1. The second kappa shape index (κ2) is 6.45. The molecule has 1 aromatic carbocycles. The summed E-state index contributed by atoms with van der Waals surface area (Å²) in [5.41, 5.74) is 1.84. The molecule has 0 bridgehead atoms. The van der Waals surface area contributed by atoms with Crippen molar-refractivity contribution >= 4 is 16.9 Å². The number of hydrogen-bond acceptors (Lipinski definition) is 5. The molecule has 5 nitrogen and oxygen atoms in total. The van der Waals surface area contributed by atoms with Crippen LogP contribution in [0, 0.1) is 0 Å². The van der Waals surface area contributed by atoms with Crippen molar-refractivity contribution in [3.63, 3.8) is 0 Å². The summed E-state index contributed by atoms with van der Waals surface area (Å²) >= 11 is 0. The van der Waals surface area contributed by atoms with E-state index in [0.29, 0.717) is 17.0 Å². The Balaban J connectivity index is 1.68. The third kappa shape index (κ3) is 2.90. The van der Waals surface area contributed by atoms with E-state index in [1.54, 1.807) is 18.4 Å². The van der Waals surface area contributed by atoms with Crippen LogP contribution < -0.4 is 0 Å². The molecule has 1 aliphatic rings. The fourth-order valence-corrected chi connectivity index (χ4v) is 2.92. The monoisotopic (exact) mass is 323 g/mol. The van der Waals surface area contributed by atoms with Crippen molar-refractivity contribution in [1.82, 2.24) is 4.98 Å². The maximum absolute atomic E-state index is 12.6. The number of nitrogens with zero attached hydrogens (tertiary/aromatic N) is 1. The van der Waals surface area contributed by atoms with Gasteiger partial charge in [-0.1, -0.05) is 18.2 Å². The van der Waals surface area contributed by atoms with E-state index in [0.717, 1.165) is 30.4 Å². The molecular formula is C19H17NO4. The molecule has 1 saturated heterocycles. The molecule has 24 heavy (non-hydrogen) atoms. The standard InChI is InChI=1S/C19H17NO4/c21-19(24-12-13-5-3-9-22-13)15-11-17(18-8-4-10-23-18)20-16-7-2-1-6-14(15)16/h1-2,4,6-8,10-11,13H,3,5,9,12H2/t13-/m1/s1. The number of esters is 1. The molecule has 0 aliphatic carbocycles. The van der Waals surface area contributed by atoms with Gasteiger partial charge in [-0.3, -0.25) is 0 Å². The molecule has 0 saturated carbocycles. The third-order valence-corrected chi connectivity index (χ3v) is 4.13. The topological polar surface area (TPSA) is 61.6 Å². The summed E-state index contributed by atoms with van der Waals surface area (Å²) in [6.07, 6.45) is 3.54. The summed E-state index contributed by atoms with van der Waals surface area (Å²) in [5, 5.41) is 0.769. The number of ether oxygens (including phenoxy) is 2. The van der Waals surface area contributed by atoms with Gasteiger partial charge in [0.15, 0.2) is 5.76 Å². The van der Waals surface area contributed by atoms with E-state index < -0.39 is 0 Å². The van der Waals surface area contributed by atoms with Crippen molar-refractivity contribution in [1.29, 1.82) is 0 Å². The predicted molar refractivity (Wildman–Crippen MR) is 88.7 cm³/mol. The Morgan fingerprint density at radius 1 is 1.25 bits per heavy atom. The zero-order chi connectivity index (χ0) is 16.4. The van der Waals surface area contributed by atoms with Gasteiger partial charge in [-0.05, 0) is 37.1 Å². The number of fused-ring (bicyclic) bond motifs is 1. The molecule has 1 fully saturated rings. The average Bonchev–Trinajstić information content (AvgIpc) is 3.32. The first-order valence-electron chi connectivity index (χ1n) is 8.03. The van der Waals surface area contributed by atoms with Crippen molar-refractivity contribution in [3.05, 3.63) is 54.3 Å². The van der Waals surface area contributed by atoms with Crippen LogP contribution in [0.2, 0.25) is 0 Å². The van der Waals surface area contributed by atoms with E-state index in [1.807, 2.05) is 30.3 Å². The average molecular weight is 323 g/mol. The van der Waals surface area contributed by atoms with Crippen LogP contribution >= 0.6 is 0 Å². The lowest BCUT2D eigenvalue weighted by atomic mass is 10.1. The molecule has 3 aromatic rings. The smallest absolute Gasteiger partial charge is 0.338 e. The molecule has 0 spiro atoms. The highest BCUT2D eigenvalue weighted by Gasteiger charge is 2.20. The van der Waals surface area contributed by atoms with Crippen molar-refractivity contribution in [2.45, 2.75) is 18.9 Å². The quantitative estimate of drug-likeness (QED) is 0.683. The molecule has 1 aliphatic heterocycles. The second-order valence-electron chi connectivity index (χ2n) is 5.78. The van der Waals surface area contributed by atoms with Crippen LogP contribution in [0.15, 0.2) is 53.1 Å². The van der Waals surface area contributed by atoms with Gasteiger partial charge in [-0.2, -0.15) is 0 Å². The summed E-state index contributed by atoms with van der Waals surface area (Å²) in [6.45, 7) is 1.02. The first-order valence-corrected chi connectivity index (χ1v) is 8.03. The van der Waals surface area contributed by atoms with Crippen LogP contribution in [-0.2, 0) is 9.47 Å². The van der Waals surface area contributed by atoms with Crippen molar-refractivity contribution in [2.24, 2.45) is 0 Å². The maximum atomic E-state index is 12.6. The Hall–Kier alpha value is -2.66. The molecule has 0 unspecified atom stereocenters. The van der Waals surface area contributed by atoms with Gasteiger partial charge < -0.3 is 13.9 Å². The largest absolute Gasteiger partial charge is 0.463 e. The summed E-state index contributed by atoms with van der Waals surface area (Å²) in [5.74, 6) is 0.255. The molecule has 122 valence electrons. The normalized spacial score (nSPS) is 17.2. The molecule has 1 atom stereocenters. The Bertz CT molecular complexity index is 851. The molecule has 0 radical (unpaired) electrons. The highest BCUT2D eigenvalue weighted by atomic mass is 16.6. The van der Waals surface area contributed by atoms with Crippen LogP contribution in [0.3, 0.4) is 0 Å². The van der Waals surface area contributed by atoms with E-state index in [9.17, 15) is 4.79 Å². The second-order valence-corrected chi connectivity index (χ2v) is 5.78. The first kappa shape index (κ1) is 14.9. The van der Waals surface area contributed by atoms with Crippen LogP contribution in [0.1, 0.15) is 23.2 Å². The molecule has 3 heterocycles. The molecular weight excluding hydrogens is 306 g/mol. The fraction of sp³-hybridized carbons (Fsp3) is 0.263. The van der Waals surface area contributed by atoms with Crippen LogP contribution in [0.25, 0.3) is 22.4 Å². The Labute approximate surface area is 139 Å². The Kier molecular flexibility index (Phi) is 4.01. The predicted octanol–water partition coefficient (Wildman–Crippen LogP) is 3.83. The van der Waals surface area contributed by atoms with E-state index >= 15 is 0 Å². The Morgan fingerprint density at radius 2 is 2.17 bits per heavy atom. The van der Waals surface area contributed by atoms with Gasteiger partial charge in [0.2, 0.25) is 0 Å². The number of hydrogen-bond donors (Lipinski definition) is 0. The van der Waals surface area contributed by atoms with Crippen molar-refractivity contribution in [3.8, 4) is 11.5 Å². The maximum Gasteiger partial charge on any atom is 0.338 e. The lowest BCUT2D eigenvalue weighted by Crippen LogP contribution is -2.18. The highest BCUT2D eigenvalue weighted by Crippen LogP contribution is 2.26. The first-order chi connectivity index (χ1) is 11.8. The van der Waals surface area contributed by atoms with Crippen LogP contribution in [0.4, 0.5) is 0 Å². The lowest BCUT2D eigenvalue weighted by molar-refractivity contribution is 0.0163. The summed E-state index contributed by atoms with van der Waals surface area (Å²) in [6, 6.07) is 12.9. The third-order valence-electron chi connectivity index (χ3n) is 4.13. The molecule has 4 rings (SSSR count). The SMILES string of the molecule is O=C(OC[C@H]1CCCO1)c1cc(-c2ccco2)nc2ccccc12. The number of furan rings is 1. The number of carbonyl (C=O) groups excluding carboxylic acids is 1. The number of aromatic nitrogens is 1. The van der Waals surface area contributed by atoms with E-state index in [4.69, 9.17) is 13.9 Å². The zero-order valence-corrected chi connectivity index (χ0v) is 13.1. The van der Waals surface area contributed by atoms with Gasteiger partial charge in [0.1, 0.15) is 12.3 Å². The molecule has 0 amide bonds. The van der Waals surface area contributed by atoms with Crippen LogP contribution in [-0.4, -0.2) is 30.3 Å². The van der Waals surface area contributed by atoms with Gasteiger partial charge >= 0.3 is 5.97 Å². The highest BCUT2D eigenvalue weighted by molar-refractivity contribution is 6.04. The van der Waals surface area contributed by atoms with Gasteiger partial charge in [-0.15, -0.1) is 0 Å². The summed E-state index contributed by atoms with van der Waals surface area (Å²) in [7, 11) is 0. The fourth-order valence-electron chi connectivity index (χ4n) is 2.92. The number of rotatable bonds is 4. The van der Waals surface area contributed by atoms with Crippen molar-refractivity contribution in [2.75, 3.05) is 13.2 Å². The van der Waals surface area contributed by atoms with E-state index in [2.05, 4.69) is 4.98 Å². The minimum Gasteiger partial charge on any atom is -0.463 e. The minimum atomic E-state index is -0.364. The van der Waals surface area contributed by atoms with E-state index in [1.165, 1.54) is 0 Å². The number of benzene rings is 1.